The summed E-state index contributed by atoms with van der Waals surface area (Å²) in [5.41, 5.74) is 19.3. The van der Waals surface area contributed by atoms with E-state index in [2.05, 4.69) is 225 Å². The lowest BCUT2D eigenvalue weighted by Crippen LogP contribution is -2.30. The molecule has 0 atom stereocenters. The van der Waals surface area contributed by atoms with Crippen molar-refractivity contribution >= 4 is 38.3 Å². The number of rotatable bonds is 10. The molecule has 3 aliphatic rings. The largest absolute Gasteiger partial charge is 0.338 e. The first-order chi connectivity index (χ1) is 28.6. The third kappa shape index (κ3) is 6.63. The maximum atomic E-state index is 2.55. The van der Waals surface area contributed by atoms with Crippen molar-refractivity contribution in [3.05, 3.63) is 230 Å². The van der Waals surface area contributed by atoms with Crippen LogP contribution >= 0.6 is 11.3 Å². The molecular formula is C57H57NS. The van der Waals surface area contributed by atoms with E-state index < -0.39 is 5.41 Å². The van der Waals surface area contributed by atoms with Crippen LogP contribution in [-0.4, -0.2) is 6.54 Å². The highest BCUT2D eigenvalue weighted by atomic mass is 32.1. The van der Waals surface area contributed by atoms with E-state index in [9.17, 15) is 0 Å². The summed E-state index contributed by atoms with van der Waals surface area (Å²) in [7, 11) is 0. The Bertz CT molecular complexity index is 2690. The zero-order chi connectivity index (χ0) is 41.5. The number of nitrogens with zero attached hydrogens (tertiary/aromatic N) is 1. The molecule has 1 heterocycles. The fourth-order valence-electron chi connectivity index (χ4n) is 9.81. The van der Waals surface area contributed by atoms with Gasteiger partial charge in [0.1, 0.15) is 0 Å². The molecule has 8 rings (SSSR count). The van der Waals surface area contributed by atoms with Gasteiger partial charge in [0.25, 0.3) is 0 Å². The highest BCUT2D eigenvalue weighted by Crippen LogP contribution is 2.58. The van der Waals surface area contributed by atoms with E-state index in [1.807, 2.05) is 11.3 Å². The SMILES string of the molecule is C/C=C\C1=C(C)c2ccc(N(C\C=C/C(=C\C)C(/C)=C/C)C3=CCC=C4C(=C3)C(C)(C)C(C)=C4c3sc4ccccc4c3C)cc2C1(c1ccccc1)c1ccccc1. The van der Waals surface area contributed by atoms with Crippen LogP contribution in [0.5, 0.6) is 0 Å². The van der Waals surface area contributed by atoms with Gasteiger partial charge in [-0.05, 0) is 151 Å². The first kappa shape index (κ1) is 40.1. The van der Waals surface area contributed by atoms with Crippen molar-refractivity contribution in [3.63, 3.8) is 0 Å². The molecule has 0 fully saturated rings. The Hall–Kier alpha value is -5.70. The molecule has 0 radical (unpaired) electrons. The van der Waals surface area contributed by atoms with Crippen molar-refractivity contribution in [2.45, 2.75) is 74.1 Å². The van der Waals surface area contributed by atoms with Gasteiger partial charge < -0.3 is 4.90 Å². The van der Waals surface area contributed by atoms with Crippen LogP contribution in [0.25, 0.3) is 21.2 Å². The minimum atomic E-state index is -0.469. The number of fused-ring (bicyclic) bond motifs is 3. The molecular weight excluding hydrogens is 731 g/mol. The first-order valence-corrected chi connectivity index (χ1v) is 22.1. The van der Waals surface area contributed by atoms with Crippen molar-refractivity contribution in [1.82, 2.24) is 0 Å². The number of benzene rings is 4. The van der Waals surface area contributed by atoms with Gasteiger partial charge in [0.2, 0.25) is 0 Å². The molecule has 0 N–H and O–H groups in total. The van der Waals surface area contributed by atoms with E-state index in [4.69, 9.17) is 0 Å². The number of hydrogen-bond donors (Lipinski definition) is 0. The second kappa shape index (κ2) is 16.2. The molecule has 1 nitrogen and oxygen atoms in total. The van der Waals surface area contributed by atoms with E-state index >= 15 is 0 Å². The molecule has 5 aromatic rings. The zero-order valence-electron chi connectivity index (χ0n) is 36.3. The Kier molecular flexibility index (Phi) is 11.0. The molecule has 0 bridgehead atoms. The third-order valence-electron chi connectivity index (χ3n) is 13.3. The number of hydrogen-bond acceptors (Lipinski definition) is 2. The van der Waals surface area contributed by atoms with Crippen LogP contribution in [0.4, 0.5) is 5.69 Å². The highest BCUT2D eigenvalue weighted by Gasteiger charge is 2.46. The summed E-state index contributed by atoms with van der Waals surface area (Å²) in [4.78, 5) is 3.96. The quantitative estimate of drug-likeness (QED) is 0.127. The van der Waals surface area contributed by atoms with E-state index in [-0.39, 0.29) is 5.41 Å². The van der Waals surface area contributed by atoms with Gasteiger partial charge in [-0.1, -0.05) is 153 Å². The molecule has 0 saturated heterocycles. The first-order valence-electron chi connectivity index (χ1n) is 21.2. The molecule has 1 aromatic heterocycles. The Labute approximate surface area is 357 Å². The summed E-state index contributed by atoms with van der Waals surface area (Å²) >= 11 is 1.94. The van der Waals surface area contributed by atoms with Crippen LogP contribution in [0.1, 0.15) is 94.5 Å². The van der Waals surface area contributed by atoms with Gasteiger partial charge in [-0.15, -0.1) is 11.3 Å². The summed E-state index contributed by atoms with van der Waals surface area (Å²) in [5, 5.41) is 1.36. The Morgan fingerprint density at radius 1 is 0.797 bits per heavy atom. The molecule has 3 aliphatic carbocycles. The number of thiophene rings is 1. The van der Waals surface area contributed by atoms with Crippen LogP contribution in [0.2, 0.25) is 0 Å². The number of anilines is 1. The van der Waals surface area contributed by atoms with E-state index in [1.54, 1.807) is 0 Å². The minimum Gasteiger partial charge on any atom is -0.338 e. The van der Waals surface area contributed by atoms with Crippen LogP contribution in [0, 0.1) is 12.3 Å². The molecule has 59 heavy (non-hydrogen) atoms. The second-order valence-corrected chi connectivity index (χ2v) is 17.7. The minimum absolute atomic E-state index is 0.133. The predicted octanol–water partition coefficient (Wildman–Crippen LogP) is 15.8. The zero-order valence-corrected chi connectivity index (χ0v) is 37.1. The fraction of sp³-hybridized carbons (Fsp3) is 0.228. The monoisotopic (exact) mass is 787 g/mol. The number of aryl methyl sites for hydroxylation is 1. The van der Waals surface area contributed by atoms with E-state index in [0.29, 0.717) is 0 Å². The topological polar surface area (TPSA) is 3.24 Å². The lowest BCUT2D eigenvalue weighted by molar-refractivity contribution is 0.565. The lowest BCUT2D eigenvalue weighted by atomic mass is 9.66. The lowest BCUT2D eigenvalue weighted by Gasteiger charge is -2.36. The predicted molar refractivity (Wildman–Crippen MR) is 258 cm³/mol. The molecule has 0 aliphatic heterocycles. The number of allylic oxidation sites excluding steroid dienone is 16. The van der Waals surface area contributed by atoms with Gasteiger partial charge in [0, 0.05) is 32.9 Å². The molecule has 0 amide bonds. The molecule has 2 heteroatoms. The average molecular weight is 788 g/mol. The smallest absolute Gasteiger partial charge is 0.0710 e. The van der Waals surface area contributed by atoms with Crippen molar-refractivity contribution in [3.8, 4) is 0 Å². The standard InChI is InChI=1S/C57H57NS/c1-10-23-50-39(5)47-34-33-46(37-52(47)57(50,43-25-15-13-16-26-43)44-27-17-14-18-28-44)58(35-22-24-42(12-3)38(4)11-2)45-29-21-31-49-51(36-45)56(8,9)41(7)54(49)55-40(6)48-30-19-20-32-53(48)59-55/h10-20,22-34,36-37H,21,35H2,1-9H3/b23-10-,24-22-,38-11+,42-12+. The van der Waals surface area contributed by atoms with Gasteiger partial charge in [-0.3, -0.25) is 0 Å². The second-order valence-electron chi connectivity index (χ2n) is 16.7. The van der Waals surface area contributed by atoms with Crippen LogP contribution in [0.15, 0.2) is 197 Å². The normalized spacial score (nSPS) is 17.7. The Morgan fingerprint density at radius 3 is 2.12 bits per heavy atom. The molecule has 296 valence electrons. The van der Waals surface area contributed by atoms with Crippen molar-refractivity contribution < 1.29 is 0 Å². The van der Waals surface area contributed by atoms with E-state index in [1.165, 1.54) is 98.7 Å². The summed E-state index contributed by atoms with van der Waals surface area (Å²) in [6.45, 7) is 21.1. The highest BCUT2D eigenvalue weighted by molar-refractivity contribution is 7.20. The van der Waals surface area contributed by atoms with Crippen LogP contribution < -0.4 is 4.90 Å². The Morgan fingerprint density at radius 2 is 1.47 bits per heavy atom. The van der Waals surface area contributed by atoms with Crippen LogP contribution in [-0.2, 0) is 5.41 Å². The van der Waals surface area contributed by atoms with E-state index in [0.717, 1.165) is 13.0 Å². The van der Waals surface area contributed by atoms with Crippen molar-refractivity contribution in [1.29, 1.82) is 0 Å². The van der Waals surface area contributed by atoms with Crippen LogP contribution in [0.3, 0.4) is 0 Å². The van der Waals surface area contributed by atoms with Gasteiger partial charge in [-0.25, -0.2) is 0 Å². The molecule has 0 unspecified atom stereocenters. The van der Waals surface area contributed by atoms with Gasteiger partial charge >= 0.3 is 0 Å². The average Bonchev–Trinajstić information content (AvgIpc) is 3.68. The maximum Gasteiger partial charge on any atom is 0.0710 e. The molecule has 4 aromatic carbocycles. The third-order valence-corrected chi connectivity index (χ3v) is 14.6. The summed E-state index contributed by atoms with van der Waals surface area (Å²) < 4.78 is 1.36. The van der Waals surface area contributed by atoms with Gasteiger partial charge in [0.15, 0.2) is 0 Å². The maximum absolute atomic E-state index is 2.55. The fourth-order valence-corrected chi connectivity index (χ4v) is 11.1. The van der Waals surface area contributed by atoms with Gasteiger partial charge in [0.05, 0.1) is 5.41 Å². The summed E-state index contributed by atoms with van der Waals surface area (Å²) in [5.74, 6) is 0. The summed E-state index contributed by atoms with van der Waals surface area (Å²) in [6, 6.07) is 38.4. The molecule has 0 saturated carbocycles. The Balaban J connectivity index is 1.31. The van der Waals surface area contributed by atoms with Gasteiger partial charge in [-0.2, -0.15) is 0 Å². The summed E-state index contributed by atoms with van der Waals surface area (Å²) in [6.07, 6.45) is 21.9. The van der Waals surface area contributed by atoms with Crippen molar-refractivity contribution in [2.24, 2.45) is 5.41 Å². The van der Waals surface area contributed by atoms with Crippen molar-refractivity contribution in [2.75, 3.05) is 11.4 Å². The molecule has 0 spiro atoms.